The van der Waals surface area contributed by atoms with Crippen LogP contribution in [0.4, 0.5) is 0 Å². The molecule has 2 rings (SSSR count). The second kappa shape index (κ2) is 3.94. The van der Waals surface area contributed by atoms with Gasteiger partial charge in [0.25, 0.3) is 0 Å². The van der Waals surface area contributed by atoms with Crippen molar-refractivity contribution in [1.82, 2.24) is 9.38 Å². The van der Waals surface area contributed by atoms with E-state index in [4.69, 9.17) is 5.73 Å². The molecular weight excluding hydrogens is 254 g/mol. The Morgan fingerprint density at radius 1 is 1.53 bits per heavy atom. The van der Waals surface area contributed by atoms with Crippen LogP contribution in [0.15, 0.2) is 22.9 Å². The zero-order valence-corrected chi connectivity index (χ0v) is 10.5. The summed E-state index contributed by atoms with van der Waals surface area (Å²) in [5.41, 5.74) is 8.08. The van der Waals surface area contributed by atoms with Crippen molar-refractivity contribution in [2.45, 2.75) is 26.3 Å². The molecule has 0 saturated carbocycles. The highest BCUT2D eigenvalue weighted by Crippen LogP contribution is 2.21. The van der Waals surface area contributed by atoms with Gasteiger partial charge in [0.1, 0.15) is 10.4 Å². The second-order valence-corrected chi connectivity index (χ2v) is 4.43. The van der Waals surface area contributed by atoms with Gasteiger partial charge in [0, 0.05) is 18.7 Å². The molecule has 80 valence electrons. The smallest absolute Gasteiger partial charge is 0.132 e. The number of fused-ring (bicyclic) bond motifs is 1. The van der Waals surface area contributed by atoms with E-state index >= 15 is 0 Å². The normalized spacial score (nSPS) is 13.3. The van der Waals surface area contributed by atoms with Gasteiger partial charge in [-0.15, -0.1) is 0 Å². The van der Waals surface area contributed by atoms with Crippen molar-refractivity contribution < 1.29 is 0 Å². The number of halogens is 1. The Morgan fingerprint density at radius 2 is 2.27 bits per heavy atom. The van der Waals surface area contributed by atoms with Crippen LogP contribution in [-0.2, 0) is 6.42 Å². The zero-order valence-electron chi connectivity index (χ0n) is 8.87. The third kappa shape index (κ3) is 1.79. The fourth-order valence-electron chi connectivity index (χ4n) is 1.64. The molecule has 0 aromatic carbocycles. The highest BCUT2D eigenvalue weighted by Gasteiger charge is 2.08. The molecule has 0 amide bonds. The first-order valence-electron chi connectivity index (χ1n) is 5.05. The molecule has 0 aliphatic carbocycles. The number of aryl methyl sites for hydroxylation is 1. The molecule has 2 aromatic rings. The molecule has 0 spiro atoms. The van der Waals surface area contributed by atoms with Gasteiger partial charge in [0.2, 0.25) is 0 Å². The second-order valence-electron chi connectivity index (χ2n) is 3.68. The van der Waals surface area contributed by atoms with E-state index in [-0.39, 0.29) is 6.04 Å². The van der Waals surface area contributed by atoms with Gasteiger partial charge in [-0.2, -0.15) is 0 Å². The quantitative estimate of drug-likeness (QED) is 0.909. The van der Waals surface area contributed by atoms with Crippen LogP contribution < -0.4 is 5.73 Å². The molecule has 1 atom stereocenters. The maximum atomic E-state index is 5.86. The maximum Gasteiger partial charge on any atom is 0.132 e. The summed E-state index contributed by atoms with van der Waals surface area (Å²) < 4.78 is 3.00. The molecule has 3 nitrogen and oxygen atoms in total. The van der Waals surface area contributed by atoms with Crippen molar-refractivity contribution in [2.24, 2.45) is 5.73 Å². The van der Waals surface area contributed by atoms with E-state index < -0.39 is 0 Å². The molecule has 15 heavy (non-hydrogen) atoms. The number of pyridine rings is 1. The molecule has 2 aromatic heterocycles. The van der Waals surface area contributed by atoms with E-state index in [9.17, 15) is 0 Å². The van der Waals surface area contributed by atoms with Gasteiger partial charge in [-0.3, -0.25) is 0 Å². The maximum absolute atomic E-state index is 5.86. The first kappa shape index (κ1) is 10.6. The number of imidazole rings is 1. The van der Waals surface area contributed by atoms with Gasteiger partial charge in [-0.1, -0.05) is 13.0 Å². The van der Waals surface area contributed by atoms with Crippen LogP contribution in [0.1, 0.15) is 31.3 Å². The van der Waals surface area contributed by atoms with Gasteiger partial charge in [-0.25, -0.2) is 4.98 Å². The standard InChI is InChI=1S/C11H14BrN3/c1-3-10-14-11(12)9-5-4-8(7(2)13)6-15(9)10/h4-7H,3,13H2,1-2H3. The molecule has 2 heterocycles. The van der Waals surface area contributed by atoms with E-state index in [0.717, 1.165) is 27.9 Å². The van der Waals surface area contributed by atoms with E-state index in [1.807, 2.05) is 13.0 Å². The third-order valence-electron chi connectivity index (χ3n) is 2.53. The molecule has 0 saturated heterocycles. The lowest BCUT2D eigenvalue weighted by Crippen LogP contribution is -2.06. The summed E-state index contributed by atoms with van der Waals surface area (Å²) in [6.45, 7) is 4.08. The largest absolute Gasteiger partial charge is 0.324 e. The van der Waals surface area contributed by atoms with Crippen LogP contribution >= 0.6 is 15.9 Å². The fraction of sp³-hybridized carbons (Fsp3) is 0.364. The molecule has 0 radical (unpaired) electrons. The van der Waals surface area contributed by atoms with Crippen LogP contribution in [0.25, 0.3) is 5.52 Å². The lowest BCUT2D eigenvalue weighted by molar-refractivity contribution is 0.802. The number of nitrogens with two attached hydrogens (primary N) is 1. The summed E-state index contributed by atoms with van der Waals surface area (Å²) >= 11 is 3.46. The average Bonchev–Trinajstić information content (AvgIpc) is 2.55. The van der Waals surface area contributed by atoms with Gasteiger partial charge in [-0.05, 0) is 34.5 Å². The zero-order chi connectivity index (χ0) is 11.0. The molecule has 0 fully saturated rings. The topological polar surface area (TPSA) is 43.3 Å². The molecule has 0 aliphatic rings. The van der Waals surface area contributed by atoms with Crippen LogP contribution in [-0.4, -0.2) is 9.38 Å². The molecule has 4 heteroatoms. The Balaban J connectivity index is 2.68. The number of hydrogen-bond acceptors (Lipinski definition) is 2. The fourth-order valence-corrected chi connectivity index (χ4v) is 2.17. The predicted octanol–water partition coefficient (Wildman–Crippen LogP) is 2.68. The van der Waals surface area contributed by atoms with E-state index in [1.165, 1.54) is 0 Å². The van der Waals surface area contributed by atoms with E-state index in [0.29, 0.717) is 0 Å². The predicted molar refractivity (Wildman–Crippen MR) is 64.9 cm³/mol. The minimum atomic E-state index is 0.0558. The van der Waals surface area contributed by atoms with Gasteiger partial charge >= 0.3 is 0 Å². The van der Waals surface area contributed by atoms with Crippen molar-refractivity contribution in [3.05, 3.63) is 34.3 Å². The summed E-state index contributed by atoms with van der Waals surface area (Å²) in [6.07, 6.45) is 2.98. The SMILES string of the molecule is CCc1nc(Br)c2ccc(C(C)N)cn12. The summed E-state index contributed by atoms with van der Waals surface area (Å²) in [4.78, 5) is 4.45. The lowest BCUT2D eigenvalue weighted by atomic mass is 10.1. The third-order valence-corrected chi connectivity index (χ3v) is 3.11. The van der Waals surface area contributed by atoms with Gasteiger partial charge in [0.15, 0.2) is 0 Å². The summed E-state index contributed by atoms with van der Waals surface area (Å²) in [6, 6.07) is 4.15. The summed E-state index contributed by atoms with van der Waals surface area (Å²) in [5, 5.41) is 0. The van der Waals surface area contributed by atoms with Gasteiger partial charge < -0.3 is 10.1 Å². The Kier molecular flexibility index (Phi) is 2.80. The highest BCUT2D eigenvalue weighted by atomic mass is 79.9. The van der Waals surface area contributed by atoms with E-state index in [2.05, 4.69) is 44.5 Å². The molecule has 2 N–H and O–H groups in total. The monoisotopic (exact) mass is 267 g/mol. The first-order valence-corrected chi connectivity index (χ1v) is 5.84. The minimum absolute atomic E-state index is 0.0558. The summed E-state index contributed by atoms with van der Waals surface area (Å²) in [7, 11) is 0. The molecule has 1 unspecified atom stereocenters. The van der Waals surface area contributed by atoms with E-state index in [1.54, 1.807) is 0 Å². The lowest BCUT2D eigenvalue weighted by Gasteiger charge is -2.07. The van der Waals surface area contributed by atoms with Crippen LogP contribution in [0.5, 0.6) is 0 Å². The molecule has 0 bridgehead atoms. The average molecular weight is 268 g/mol. The number of rotatable bonds is 2. The van der Waals surface area contributed by atoms with Crippen LogP contribution in [0, 0.1) is 0 Å². The first-order chi connectivity index (χ1) is 7.13. The van der Waals surface area contributed by atoms with Crippen molar-refractivity contribution in [2.75, 3.05) is 0 Å². The van der Waals surface area contributed by atoms with Crippen LogP contribution in [0.3, 0.4) is 0 Å². The number of nitrogens with zero attached hydrogens (tertiary/aromatic N) is 2. The Hall–Kier alpha value is -0.870. The Labute approximate surface area is 97.4 Å². The number of aromatic nitrogens is 2. The van der Waals surface area contributed by atoms with Crippen LogP contribution in [0.2, 0.25) is 0 Å². The molecular formula is C11H14BrN3. The van der Waals surface area contributed by atoms with Gasteiger partial charge in [0.05, 0.1) is 5.52 Å². The minimum Gasteiger partial charge on any atom is -0.324 e. The van der Waals surface area contributed by atoms with Crippen molar-refractivity contribution in [1.29, 1.82) is 0 Å². The van der Waals surface area contributed by atoms with Crippen molar-refractivity contribution in [3.63, 3.8) is 0 Å². The van der Waals surface area contributed by atoms with Crippen molar-refractivity contribution >= 4 is 21.4 Å². The molecule has 0 aliphatic heterocycles. The summed E-state index contributed by atoms with van der Waals surface area (Å²) in [5.74, 6) is 1.05. The Morgan fingerprint density at radius 3 is 2.87 bits per heavy atom. The Bertz CT molecular complexity index is 488. The number of hydrogen-bond donors (Lipinski definition) is 1. The highest BCUT2D eigenvalue weighted by molar-refractivity contribution is 9.10. The van der Waals surface area contributed by atoms with Crippen molar-refractivity contribution in [3.8, 4) is 0 Å².